The van der Waals surface area contributed by atoms with Crippen molar-refractivity contribution in [3.8, 4) is 0 Å². The fourth-order valence-corrected chi connectivity index (χ4v) is 3.83. The van der Waals surface area contributed by atoms with Gasteiger partial charge in [-0.1, -0.05) is 11.9 Å². The summed E-state index contributed by atoms with van der Waals surface area (Å²) in [6.45, 7) is 6.73. The quantitative estimate of drug-likeness (QED) is 0.827. The summed E-state index contributed by atoms with van der Waals surface area (Å²) in [7, 11) is 0. The number of nitrogens with zero attached hydrogens (tertiary/aromatic N) is 6. The summed E-state index contributed by atoms with van der Waals surface area (Å²) in [6, 6.07) is 0. The molecule has 2 saturated heterocycles. The maximum Gasteiger partial charge on any atom is 0.229 e. The van der Waals surface area contributed by atoms with Crippen molar-refractivity contribution in [1.82, 2.24) is 15.3 Å². The maximum atomic E-state index is 4.95. The second kappa shape index (κ2) is 6.52. The van der Waals surface area contributed by atoms with E-state index in [1.54, 1.807) is 11.9 Å². The summed E-state index contributed by atoms with van der Waals surface area (Å²) in [5, 5.41) is 3.39. The maximum absolute atomic E-state index is 4.95. The van der Waals surface area contributed by atoms with E-state index >= 15 is 0 Å². The van der Waals surface area contributed by atoms with Gasteiger partial charge in [-0.2, -0.15) is 9.97 Å². The van der Waals surface area contributed by atoms with Crippen molar-refractivity contribution in [2.75, 3.05) is 66.3 Å². The Kier molecular flexibility index (Phi) is 4.26. The second-order valence-corrected chi connectivity index (χ2v) is 6.84. The highest BCUT2D eigenvalue weighted by atomic mass is 32.2. The Morgan fingerprint density at radius 1 is 1.00 bits per heavy atom. The van der Waals surface area contributed by atoms with Gasteiger partial charge in [0.2, 0.25) is 5.95 Å². The third-order valence-corrected chi connectivity index (χ3v) is 5.32. The van der Waals surface area contributed by atoms with Crippen molar-refractivity contribution < 1.29 is 0 Å². The highest BCUT2D eigenvalue weighted by molar-refractivity contribution is 7.99. The first-order valence-corrected chi connectivity index (χ1v) is 9.49. The van der Waals surface area contributed by atoms with Crippen molar-refractivity contribution in [2.24, 2.45) is 4.99 Å². The number of aromatic nitrogens is 2. The van der Waals surface area contributed by atoms with Crippen molar-refractivity contribution in [1.29, 1.82) is 0 Å². The lowest BCUT2D eigenvalue weighted by Crippen LogP contribution is -2.44. The van der Waals surface area contributed by atoms with Gasteiger partial charge >= 0.3 is 0 Å². The van der Waals surface area contributed by atoms with Crippen LogP contribution >= 0.6 is 11.9 Å². The van der Waals surface area contributed by atoms with Gasteiger partial charge in [-0.3, -0.25) is 9.30 Å². The van der Waals surface area contributed by atoms with E-state index in [0.29, 0.717) is 6.67 Å². The number of hydrogen-bond acceptors (Lipinski definition) is 8. The lowest BCUT2D eigenvalue weighted by atomic mass is 10.2. The van der Waals surface area contributed by atoms with Crippen LogP contribution in [0.1, 0.15) is 18.4 Å². The molecule has 23 heavy (non-hydrogen) atoms. The molecule has 3 aliphatic rings. The average molecular weight is 333 g/mol. The zero-order valence-electron chi connectivity index (χ0n) is 13.5. The molecule has 1 N–H and O–H groups in total. The molecule has 0 radical (unpaired) electrons. The Hall–Kier alpha value is -1.54. The minimum absolute atomic E-state index is 0.658. The van der Waals surface area contributed by atoms with E-state index in [4.69, 9.17) is 9.97 Å². The van der Waals surface area contributed by atoms with Gasteiger partial charge in [-0.15, -0.1) is 0 Å². The van der Waals surface area contributed by atoms with E-state index in [9.17, 15) is 0 Å². The summed E-state index contributed by atoms with van der Waals surface area (Å²) in [5.74, 6) is 2.93. The first-order valence-electron chi connectivity index (χ1n) is 8.31. The fraction of sp³-hybridized carbons (Fsp3) is 0.667. The average Bonchev–Trinajstić information content (AvgIpc) is 3.15. The number of fused-ring (bicyclic) bond motifs is 1. The van der Waals surface area contributed by atoms with Crippen molar-refractivity contribution in [2.45, 2.75) is 12.8 Å². The van der Waals surface area contributed by atoms with Gasteiger partial charge in [0.05, 0.1) is 5.56 Å². The molecule has 0 amide bonds. The minimum atomic E-state index is 0.658. The summed E-state index contributed by atoms with van der Waals surface area (Å²) in [6.07, 6.45) is 6.51. The molecule has 0 aliphatic carbocycles. The van der Waals surface area contributed by atoms with Crippen LogP contribution in [0.4, 0.5) is 17.6 Å². The number of anilines is 3. The second-order valence-electron chi connectivity index (χ2n) is 6.03. The molecular formula is C15H23N7S. The van der Waals surface area contributed by atoms with Crippen LogP contribution in [0, 0.1) is 0 Å². The van der Waals surface area contributed by atoms with E-state index in [1.165, 1.54) is 12.8 Å². The van der Waals surface area contributed by atoms with Crippen LogP contribution in [0.25, 0.3) is 0 Å². The molecule has 1 aromatic rings. The molecule has 2 fully saturated rings. The SMILES string of the molecule is CSN1CN=Cc2c(N3CCCC3)nc(N3CCNCC3)nc21. The van der Waals surface area contributed by atoms with Crippen LogP contribution in [0.5, 0.6) is 0 Å². The molecule has 124 valence electrons. The molecule has 7 nitrogen and oxygen atoms in total. The van der Waals surface area contributed by atoms with Crippen LogP contribution in [0.15, 0.2) is 4.99 Å². The molecule has 8 heteroatoms. The summed E-state index contributed by atoms with van der Waals surface area (Å²) in [5.41, 5.74) is 1.08. The zero-order chi connectivity index (χ0) is 15.6. The van der Waals surface area contributed by atoms with Gasteiger partial charge in [-0.05, 0) is 12.8 Å². The van der Waals surface area contributed by atoms with Gasteiger partial charge in [0.25, 0.3) is 0 Å². The predicted molar refractivity (Wildman–Crippen MR) is 97.0 cm³/mol. The Bertz CT molecular complexity index is 594. The van der Waals surface area contributed by atoms with Gasteiger partial charge in [0, 0.05) is 51.7 Å². The molecule has 3 aliphatic heterocycles. The summed E-state index contributed by atoms with van der Waals surface area (Å²) in [4.78, 5) is 19.0. The van der Waals surface area contributed by atoms with Crippen molar-refractivity contribution in [3.05, 3.63) is 5.56 Å². The first kappa shape index (κ1) is 15.0. The van der Waals surface area contributed by atoms with Gasteiger partial charge < -0.3 is 15.1 Å². The van der Waals surface area contributed by atoms with Gasteiger partial charge in [-0.25, -0.2) is 0 Å². The number of rotatable bonds is 3. The predicted octanol–water partition coefficient (Wildman–Crippen LogP) is 0.961. The Balaban J connectivity index is 1.78. The Labute approximate surface area is 141 Å². The van der Waals surface area contributed by atoms with Crippen LogP contribution in [0.2, 0.25) is 0 Å². The monoisotopic (exact) mass is 333 g/mol. The number of nitrogens with one attached hydrogen (secondary N) is 1. The zero-order valence-corrected chi connectivity index (χ0v) is 14.3. The summed E-state index contributed by atoms with van der Waals surface area (Å²) >= 11 is 1.67. The number of hydrogen-bond donors (Lipinski definition) is 1. The van der Waals surface area contributed by atoms with E-state index in [1.807, 2.05) is 6.21 Å². The van der Waals surface area contributed by atoms with Gasteiger partial charge in [0.1, 0.15) is 12.5 Å². The Morgan fingerprint density at radius 2 is 1.74 bits per heavy atom. The normalized spacial score (nSPS) is 21.0. The standard InChI is InChI=1S/C15H23N7S/c1-23-22-11-17-10-12-13(20-6-2-3-7-20)18-15(19-14(12)22)21-8-4-16-5-9-21/h10,16H,2-9,11H2,1H3. The minimum Gasteiger partial charge on any atom is -0.356 e. The third kappa shape index (κ3) is 2.85. The largest absolute Gasteiger partial charge is 0.356 e. The van der Waals surface area contributed by atoms with E-state index in [2.05, 4.69) is 30.7 Å². The molecule has 0 aromatic carbocycles. The van der Waals surface area contributed by atoms with Crippen LogP contribution in [-0.2, 0) is 0 Å². The molecule has 0 spiro atoms. The number of aliphatic imine (C=N–C) groups is 1. The molecule has 0 saturated carbocycles. The topological polar surface area (TPSA) is 59.9 Å². The van der Waals surface area contributed by atoms with Gasteiger partial charge in [0.15, 0.2) is 5.82 Å². The first-order chi connectivity index (χ1) is 11.4. The molecule has 0 atom stereocenters. The highest BCUT2D eigenvalue weighted by Gasteiger charge is 2.27. The molecule has 0 bridgehead atoms. The lowest BCUT2D eigenvalue weighted by Gasteiger charge is -2.32. The van der Waals surface area contributed by atoms with E-state index in [0.717, 1.165) is 62.4 Å². The summed E-state index contributed by atoms with van der Waals surface area (Å²) < 4.78 is 2.16. The Morgan fingerprint density at radius 3 is 2.48 bits per heavy atom. The van der Waals surface area contributed by atoms with Crippen LogP contribution in [0.3, 0.4) is 0 Å². The molecule has 4 heterocycles. The van der Waals surface area contributed by atoms with E-state index in [-0.39, 0.29) is 0 Å². The fourth-order valence-electron chi connectivity index (χ4n) is 3.33. The van der Waals surface area contributed by atoms with Crippen molar-refractivity contribution in [3.63, 3.8) is 0 Å². The van der Waals surface area contributed by atoms with Crippen LogP contribution in [-0.4, -0.2) is 68.4 Å². The van der Waals surface area contributed by atoms with E-state index < -0.39 is 0 Å². The van der Waals surface area contributed by atoms with Crippen molar-refractivity contribution >= 4 is 35.7 Å². The highest BCUT2D eigenvalue weighted by Crippen LogP contribution is 2.34. The molecule has 1 aromatic heterocycles. The lowest BCUT2D eigenvalue weighted by molar-refractivity contribution is 0.579. The smallest absolute Gasteiger partial charge is 0.229 e. The van der Waals surface area contributed by atoms with Crippen LogP contribution < -0.4 is 19.4 Å². The molecule has 4 rings (SSSR count). The molecular weight excluding hydrogens is 310 g/mol. The third-order valence-electron chi connectivity index (χ3n) is 4.59. The molecule has 0 unspecified atom stereocenters. The number of piperazine rings is 1.